The van der Waals surface area contributed by atoms with E-state index in [-0.39, 0.29) is 30.1 Å². The number of rotatable bonds is 4. The van der Waals surface area contributed by atoms with Crippen LogP contribution in [0.2, 0.25) is 0 Å². The van der Waals surface area contributed by atoms with Gasteiger partial charge in [-0.2, -0.15) is 0 Å². The summed E-state index contributed by atoms with van der Waals surface area (Å²) in [5.41, 5.74) is 6.15. The molecule has 3 aliphatic heterocycles. The second kappa shape index (κ2) is 6.71. The third kappa shape index (κ3) is 5.13. The maximum atomic E-state index is 10.1. The zero-order valence-corrected chi connectivity index (χ0v) is 16.2. The van der Waals surface area contributed by atoms with Crippen LogP contribution >= 0.6 is 0 Å². The first-order chi connectivity index (χ1) is 11.4. The molecule has 4 atom stereocenters. The summed E-state index contributed by atoms with van der Waals surface area (Å²) in [5, 5.41) is 10.1. The molecule has 7 heteroatoms. The van der Waals surface area contributed by atoms with Crippen LogP contribution in [0.1, 0.15) is 53.9 Å². The summed E-state index contributed by atoms with van der Waals surface area (Å²) in [6.45, 7) is 11.8. The molecule has 3 fully saturated rings. The number of piperidine rings is 1. The molecule has 0 bridgehead atoms. The summed E-state index contributed by atoms with van der Waals surface area (Å²) in [6, 6.07) is 0. The van der Waals surface area contributed by atoms with Crippen molar-refractivity contribution in [1.82, 2.24) is 4.90 Å². The molecule has 146 valence electrons. The normalized spacial score (nSPS) is 38.5. The zero-order valence-electron chi connectivity index (χ0n) is 16.2. The Kier molecular flexibility index (Phi) is 5.23. The highest BCUT2D eigenvalue weighted by molar-refractivity contribution is 4.92. The predicted molar refractivity (Wildman–Crippen MR) is 92.8 cm³/mol. The number of hydrogen-bond acceptors (Lipinski definition) is 7. The van der Waals surface area contributed by atoms with Gasteiger partial charge in [0.15, 0.2) is 17.9 Å². The highest BCUT2D eigenvalue weighted by Gasteiger charge is 2.50. The van der Waals surface area contributed by atoms with Crippen molar-refractivity contribution in [3.8, 4) is 0 Å². The van der Waals surface area contributed by atoms with E-state index in [2.05, 4.69) is 11.8 Å². The van der Waals surface area contributed by atoms with Gasteiger partial charge >= 0.3 is 0 Å². The Morgan fingerprint density at radius 3 is 2.44 bits per heavy atom. The quantitative estimate of drug-likeness (QED) is 0.730. The maximum Gasteiger partial charge on any atom is 0.187 e. The Morgan fingerprint density at radius 2 is 1.84 bits per heavy atom. The fourth-order valence-corrected chi connectivity index (χ4v) is 3.87. The number of aliphatic hydroxyl groups is 1. The number of nitrogens with two attached hydrogens (primary N) is 1. The Bertz CT molecular complexity index is 467. The van der Waals surface area contributed by atoms with Crippen LogP contribution in [-0.2, 0) is 18.9 Å². The van der Waals surface area contributed by atoms with Crippen LogP contribution in [0.3, 0.4) is 0 Å². The Labute approximate surface area is 150 Å². The number of likely N-dealkylation sites (tertiary alicyclic amines) is 1. The van der Waals surface area contributed by atoms with Gasteiger partial charge in [0.25, 0.3) is 0 Å². The highest BCUT2D eigenvalue weighted by atomic mass is 16.8. The van der Waals surface area contributed by atoms with E-state index in [4.69, 9.17) is 24.7 Å². The van der Waals surface area contributed by atoms with E-state index >= 15 is 0 Å². The first-order valence-electron chi connectivity index (χ1n) is 9.35. The van der Waals surface area contributed by atoms with E-state index in [1.54, 1.807) is 13.8 Å². The van der Waals surface area contributed by atoms with E-state index < -0.39 is 11.6 Å². The smallest absolute Gasteiger partial charge is 0.187 e. The lowest BCUT2D eigenvalue weighted by Crippen LogP contribution is -2.56. The summed E-state index contributed by atoms with van der Waals surface area (Å²) in [6.07, 6.45) is 1.60. The van der Waals surface area contributed by atoms with E-state index in [9.17, 15) is 5.11 Å². The molecular weight excluding hydrogens is 324 g/mol. The third-order valence-corrected chi connectivity index (χ3v) is 5.20. The Hall–Kier alpha value is -0.280. The largest absolute Gasteiger partial charge is 0.366 e. The Morgan fingerprint density at radius 1 is 1.20 bits per heavy atom. The maximum absolute atomic E-state index is 10.1. The van der Waals surface area contributed by atoms with Gasteiger partial charge in [0.2, 0.25) is 0 Å². The molecular formula is C18H34N2O5. The van der Waals surface area contributed by atoms with Crippen LogP contribution in [0.15, 0.2) is 0 Å². The molecule has 0 radical (unpaired) electrons. The summed E-state index contributed by atoms with van der Waals surface area (Å²) in [4.78, 5) is 2.36. The zero-order chi connectivity index (χ0) is 18.5. The SMILES string of the molecule is CC1(N)CCN(C[C@H]2O[C@@H]3OC(C)(C)O[C@@H]3C[C@H]2OC(C)(C)O)CC1. The lowest BCUT2D eigenvalue weighted by molar-refractivity contribution is -0.282. The van der Waals surface area contributed by atoms with Crippen LogP contribution in [-0.4, -0.2) is 71.4 Å². The van der Waals surface area contributed by atoms with Gasteiger partial charge in [-0.25, -0.2) is 0 Å². The molecule has 3 N–H and O–H groups in total. The minimum atomic E-state index is -1.22. The van der Waals surface area contributed by atoms with Crippen molar-refractivity contribution in [3.05, 3.63) is 0 Å². The number of ether oxygens (including phenoxy) is 4. The third-order valence-electron chi connectivity index (χ3n) is 5.20. The van der Waals surface area contributed by atoms with Crippen LogP contribution < -0.4 is 5.73 Å². The summed E-state index contributed by atoms with van der Waals surface area (Å²) < 4.78 is 23.9. The van der Waals surface area contributed by atoms with Gasteiger partial charge < -0.3 is 34.7 Å². The van der Waals surface area contributed by atoms with Crippen molar-refractivity contribution in [2.45, 2.75) is 95.6 Å². The molecule has 3 aliphatic rings. The molecule has 0 aromatic heterocycles. The average molecular weight is 358 g/mol. The lowest BCUT2D eigenvalue weighted by Gasteiger charge is -2.43. The fourth-order valence-electron chi connectivity index (χ4n) is 3.87. The molecule has 0 unspecified atom stereocenters. The van der Waals surface area contributed by atoms with Crippen molar-refractivity contribution >= 4 is 0 Å². The predicted octanol–water partition coefficient (Wildman–Crippen LogP) is 1.18. The van der Waals surface area contributed by atoms with Gasteiger partial charge in [-0.05, 0) is 60.5 Å². The van der Waals surface area contributed by atoms with E-state index in [0.717, 1.165) is 32.5 Å². The van der Waals surface area contributed by atoms with Crippen LogP contribution in [0.5, 0.6) is 0 Å². The Balaban J connectivity index is 1.66. The van der Waals surface area contributed by atoms with E-state index in [1.165, 1.54) is 0 Å². The van der Waals surface area contributed by atoms with Crippen molar-refractivity contribution in [1.29, 1.82) is 0 Å². The molecule has 25 heavy (non-hydrogen) atoms. The minimum absolute atomic E-state index is 0.0789. The van der Waals surface area contributed by atoms with Crippen LogP contribution in [0.25, 0.3) is 0 Å². The van der Waals surface area contributed by atoms with Crippen molar-refractivity contribution < 1.29 is 24.1 Å². The van der Waals surface area contributed by atoms with Crippen LogP contribution in [0, 0.1) is 0 Å². The standard InChI is InChI=1S/C18H34N2O5/c1-16(2,21)23-12-10-13-15(25-17(3,4)24-13)22-14(12)11-20-8-6-18(5,19)7-9-20/h12-15,21H,6-11,19H2,1-5H3/t12-,13-,14-,15-/m1/s1. The molecule has 0 spiro atoms. The summed E-state index contributed by atoms with van der Waals surface area (Å²) in [7, 11) is 0. The van der Waals surface area contributed by atoms with Crippen molar-refractivity contribution in [2.75, 3.05) is 19.6 Å². The highest BCUT2D eigenvalue weighted by Crippen LogP contribution is 2.38. The van der Waals surface area contributed by atoms with E-state index in [1.807, 2.05) is 13.8 Å². The molecule has 0 aromatic rings. The van der Waals surface area contributed by atoms with Gasteiger partial charge in [-0.3, -0.25) is 0 Å². The second-order valence-corrected chi connectivity index (χ2v) is 9.01. The van der Waals surface area contributed by atoms with Gasteiger partial charge in [-0.1, -0.05) is 0 Å². The molecule has 0 aromatic carbocycles. The molecule has 3 heterocycles. The summed E-state index contributed by atoms with van der Waals surface area (Å²) >= 11 is 0. The molecule has 7 nitrogen and oxygen atoms in total. The fraction of sp³-hybridized carbons (Fsp3) is 1.00. The number of nitrogens with zero attached hydrogens (tertiary/aromatic N) is 1. The van der Waals surface area contributed by atoms with Crippen molar-refractivity contribution in [3.63, 3.8) is 0 Å². The molecule has 0 saturated carbocycles. The summed E-state index contributed by atoms with van der Waals surface area (Å²) in [5.74, 6) is -1.87. The molecule has 3 saturated heterocycles. The first kappa shape index (κ1) is 19.5. The van der Waals surface area contributed by atoms with Gasteiger partial charge in [-0.15, -0.1) is 0 Å². The van der Waals surface area contributed by atoms with Gasteiger partial charge in [0.05, 0.1) is 12.2 Å². The van der Waals surface area contributed by atoms with Crippen LogP contribution in [0.4, 0.5) is 0 Å². The monoisotopic (exact) mass is 358 g/mol. The minimum Gasteiger partial charge on any atom is -0.366 e. The molecule has 0 amide bonds. The van der Waals surface area contributed by atoms with Crippen molar-refractivity contribution in [2.24, 2.45) is 5.73 Å². The van der Waals surface area contributed by atoms with Gasteiger partial charge in [0.1, 0.15) is 6.10 Å². The lowest BCUT2D eigenvalue weighted by atomic mass is 9.90. The topological polar surface area (TPSA) is 86.4 Å². The number of fused-ring (bicyclic) bond motifs is 1. The molecule has 3 rings (SSSR count). The van der Waals surface area contributed by atoms with Gasteiger partial charge in [0, 0.05) is 18.5 Å². The first-order valence-corrected chi connectivity index (χ1v) is 9.35. The second-order valence-electron chi connectivity index (χ2n) is 9.01. The number of hydrogen-bond donors (Lipinski definition) is 2. The molecule has 0 aliphatic carbocycles. The van der Waals surface area contributed by atoms with E-state index in [0.29, 0.717) is 6.42 Å². The average Bonchev–Trinajstić information content (AvgIpc) is 2.72.